The van der Waals surface area contributed by atoms with E-state index in [9.17, 15) is 9.59 Å². The summed E-state index contributed by atoms with van der Waals surface area (Å²) in [4.78, 5) is 24.9. The summed E-state index contributed by atoms with van der Waals surface area (Å²) in [6.07, 6.45) is 5.10. The van der Waals surface area contributed by atoms with E-state index in [0.29, 0.717) is 5.69 Å². The lowest BCUT2D eigenvalue weighted by molar-refractivity contribution is -0.129. The van der Waals surface area contributed by atoms with E-state index in [1.807, 2.05) is 0 Å². The molecule has 0 spiro atoms. The van der Waals surface area contributed by atoms with Crippen LogP contribution in [0, 0.1) is 0 Å². The molecule has 20 heavy (non-hydrogen) atoms. The Morgan fingerprint density at radius 1 is 1.55 bits per heavy atom. The largest absolute Gasteiger partial charge is 0.347 e. The highest BCUT2D eigenvalue weighted by Gasteiger charge is 2.22. The number of amides is 2. The second kappa shape index (κ2) is 7.25. The first-order chi connectivity index (χ1) is 9.06. The first kappa shape index (κ1) is 16.5. The number of aromatic nitrogens is 2. The van der Waals surface area contributed by atoms with Crippen LogP contribution >= 0.6 is 12.4 Å². The summed E-state index contributed by atoms with van der Waals surface area (Å²) < 4.78 is 1.51. The molecule has 1 aliphatic heterocycles. The van der Waals surface area contributed by atoms with Crippen molar-refractivity contribution in [2.75, 3.05) is 26.0 Å². The average molecular weight is 302 g/mol. The van der Waals surface area contributed by atoms with Gasteiger partial charge in [0.15, 0.2) is 0 Å². The van der Waals surface area contributed by atoms with Gasteiger partial charge in [0.05, 0.1) is 17.9 Å². The van der Waals surface area contributed by atoms with Crippen LogP contribution in [-0.2, 0) is 16.1 Å². The Morgan fingerprint density at radius 3 is 2.90 bits per heavy atom. The van der Waals surface area contributed by atoms with Crippen LogP contribution < -0.4 is 10.6 Å². The molecule has 1 aromatic heterocycles. The number of nitrogens with zero attached hydrogens (tertiary/aromatic N) is 3. The zero-order valence-electron chi connectivity index (χ0n) is 11.6. The summed E-state index contributed by atoms with van der Waals surface area (Å²) in [6, 6.07) is -0.119. The molecule has 0 bridgehead atoms. The molecule has 0 saturated carbocycles. The van der Waals surface area contributed by atoms with E-state index >= 15 is 0 Å². The van der Waals surface area contributed by atoms with Crippen LogP contribution in [0.25, 0.3) is 0 Å². The van der Waals surface area contributed by atoms with E-state index < -0.39 is 0 Å². The molecular formula is C12H20ClN5O2. The average Bonchev–Trinajstić information content (AvgIpc) is 3.00. The van der Waals surface area contributed by atoms with Gasteiger partial charge in [-0.25, -0.2) is 0 Å². The van der Waals surface area contributed by atoms with Gasteiger partial charge in [-0.1, -0.05) is 0 Å². The Hall–Kier alpha value is -1.60. The van der Waals surface area contributed by atoms with Crippen molar-refractivity contribution < 1.29 is 9.59 Å². The molecule has 1 unspecified atom stereocenters. The zero-order chi connectivity index (χ0) is 13.8. The minimum atomic E-state index is -0.119. The highest BCUT2D eigenvalue weighted by Crippen LogP contribution is 2.10. The Kier molecular flexibility index (Phi) is 5.97. The Labute approximate surface area is 124 Å². The third-order valence-electron chi connectivity index (χ3n) is 3.07. The fourth-order valence-electron chi connectivity index (χ4n) is 1.93. The van der Waals surface area contributed by atoms with Gasteiger partial charge in [-0.2, -0.15) is 5.10 Å². The molecule has 1 aliphatic rings. The minimum Gasteiger partial charge on any atom is -0.347 e. The monoisotopic (exact) mass is 301 g/mol. The van der Waals surface area contributed by atoms with E-state index in [1.165, 1.54) is 9.58 Å². The minimum absolute atomic E-state index is 0. The Morgan fingerprint density at radius 2 is 2.30 bits per heavy atom. The lowest BCUT2D eigenvalue weighted by Gasteiger charge is -2.10. The van der Waals surface area contributed by atoms with Crippen LogP contribution in [0.1, 0.15) is 12.8 Å². The molecule has 8 heteroatoms. The molecule has 0 radical (unpaired) electrons. The highest BCUT2D eigenvalue weighted by molar-refractivity contribution is 5.94. The van der Waals surface area contributed by atoms with Gasteiger partial charge in [-0.05, 0) is 19.4 Å². The number of hydrogen-bond donors (Lipinski definition) is 2. The first-order valence-corrected chi connectivity index (χ1v) is 6.33. The van der Waals surface area contributed by atoms with Crippen molar-refractivity contribution in [3.8, 4) is 0 Å². The first-order valence-electron chi connectivity index (χ1n) is 6.33. The van der Waals surface area contributed by atoms with Crippen molar-refractivity contribution in [3.05, 3.63) is 12.4 Å². The quantitative estimate of drug-likeness (QED) is 0.826. The zero-order valence-corrected chi connectivity index (χ0v) is 12.4. The molecule has 0 aromatic carbocycles. The number of nitrogens with one attached hydrogen (secondary N) is 2. The lowest BCUT2D eigenvalue weighted by atomic mass is 10.2. The SMILES string of the molecule is CN(C)C(=O)Cn1cc(NC(=O)C2CCCN2)cn1.Cl. The molecule has 2 amide bonds. The van der Waals surface area contributed by atoms with Crippen molar-refractivity contribution >= 4 is 29.9 Å². The molecule has 0 aliphatic carbocycles. The van der Waals surface area contributed by atoms with Gasteiger partial charge in [0.1, 0.15) is 6.54 Å². The third-order valence-corrected chi connectivity index (χ3v) is 3.07. The van der Waals surface area contributed by atoms with Crippen molar-refractivity contribution in [1.29, 1.82) is 0 Å². The van der Waals surface area contributed by atoms with Crippen LogP contribution in [0.5, 0.6) is 0 Å². The van der Waals surface area contributed by atoms with E-state index in [4.69, 9.17) is 0 Å². The van der Waals surface area contributed by atoms with E-state index in [0.717, 1.165) is 19.4 Å². The number of hydrogen-bond acceptors (Lipinski definition) is 4. The molecule has 2 N–H and O–H groups in total. The molecule has 1 atom stereocenters. The summed E-state index contributed by atoms with van der Waals surface area (Å²) in [6.45, 7) is 1.05. The number of anilines is 1. The topological polar surface area (TPSA) is 79.3 Å². The number of rotatable bonds is 4. The predicted molar refractivity (Wildman–Crippen MR) is 77.8 cm³/mol. The van der Waals surface area contributed by atoms with Crippen LogP contribution in [0.4, 0.5) is 5.69 Å². The predicted octanol–water partition coefficient (Wildman–Crippen LogP) is 0.0836. The van der Waals surface area contributed by atoms with E-state index in [-0.39, 0.29) is 36.8 Å². The molecule has 7 nitrogen and oxygen atoms in total. The van der Waals surface area contributed by atoms with Crippen molar-refractivity contribution in [2.45, 2.75) is 25.4 Å². The van der Waals surface area contributed by atoms with Gasteiger partial charge in [0, 0.05) is 20.3 Å². The lowest BCUT2D eigenvalue weighted by Crippen LogP contribution is -2.35. The molecule has 2 rings (SSSR count). The van der Waals surface area contributed by atoms with Crippen LogP contribution in [0.3, 0.4) is 0 Å². The maximum Gasteiger partial charge on any atom is 0.243 e. The van der Waals surface area contributed by atoms with E-state index in [1.54, 1.807) is 26.5 Å². The fraction of sp³-hybridized carbons (Fsp3) is 0.583. The smallest absolute Gasteiger partial charge is 0.243 e. The summed E-state index contributed by atoms with van der Waals surface area (Å²) in [5, 5.41) is 9.98. The molecule has 2 heterocycles. The summed E-state index contributed by atoms with van der Waals surface area (Å²) in [5.41, 5.74) is 0.616. The van der Waals surface area contributed by atoms with Crippen molar-refractivity contribution in [3.63, 3.8) is 0 Å². The van der Waals surface area contributed by atoms with Gasteiger partial charge in [-0.3, -0.25) is 14.3 Å². The second-order valence-corrected chi connectivity index (χ2v) is 4.85. The van der Waals surface area contributed by atoms with Crippen molar-refractivity contribution in [1.82, 2.24) is 20.0 Å². The molecular weight excluding hydrogens is 282 g/mol. The Balaban J connectivity index is 0.00000200. The van der Waals surface area contributed by atoms with Gasteiger partial charge in [-0.15, -0.1) is 12.4 Å². The molecule has 112 valence electrons. The van der Waals surface area contributed by atoms with Crippen LogP contribution in [0.15, 0.2) is 12.4 Å². The van der Waals surface area contributed by atoms with Gasteiger partial charge in [0.2, 0.25) is 11.8 Å². The standard InChI is InChI=1S/C12H19N5O2.ClH/c1-16(2)11(18)8-17-7-9(6-14-17)15-12(19)10-4-3-5-13-10;/h6-7,10,13H,3-5,8H2,1-2H3,(H,15,19);1H. The summed E-state index contributed by atoms with van der Waals surface area (Å²) in [7, 11) is 3.39. The van der Waals surface area contributed by atoms with Crippen molar-refractivity contribution in [2.24, 2.45) is 0 Å². The van der Waals surface area contributed by atoms with E-state index in [2.05, 4.69) is 15.7 Å². The highest BCUT2D eigenvalue weighted by atomic mass is 35.5. The number of carbonyl (C=O) groups excluding carboxylic acids is 2. The third kappa shape index (κ3) is 4.21. The number of carbonyl (C=O) groups is 2. The van der Waals surface area contributed by atoms with Crippen LogP contribution in [0.2, 0.25) is 0 Å². The maximum absolute atomic E-state index is 11.9. The van der Waals surface area contributed by atoms with Crippen LogP contribution in [-0.4, -0.2) is 53.2 Å². The summed E-state index contributed by atoms with van der Waals surface area (Å²) in [5.74, 6) is -0.0885. The Bertz CT molecular complexity index is 468. The molecule has 1 saturated heterocycles. The van der Waals surface area contributed by atoms with Gasteiger partial charge in [0.25, 0.3) is 0 Å². The number of likely N-dealkylation sites (N-methyl/N-ethyl adjacent to an activating group) is 1. The maximum atomic E-state index is 11.9. The number of halogens is 1. The van der Waals surface area contributed by atoms with Gasteiger partial charge < -0.3 is 15.5 Å². The molecule has 1 fully saturated rings. The second-order valence-electron chi connectivity index (χ2n) is 4.85. The fourth-order valence-corrected chi connectivity index (χ4v) is 1.93. The molecule has 1 aromatic rings. The van der Waals surface area contributed by atoms with Gasteiger partial charge >= 0.3 is 0 Å². The summed E-state index contributed by atoms with van der Waals surface area (Å²) >= 11 is 0. The normalized spacial score (nSPS) is 17.4.